The van der Waals surface area contributed by atoms with Crippen molar-refractivity contribution in [3.63, 3.8) is 0 Å². The van der Waals surface area contributed by atoms with Gasteiger partial charge in [-0.05, 0) is 149 Å². The molecule has 0 radical (unpaired) electrons. The normalized spacial score (nSPS) is 17.1. The molecule has 5 aromatic rings. The van der Waals surface area contributed by atoms with Crippen molar-refractivity contribution in [2.45, 2.75) is 77.4 Å². The largest absolute Gasteiger partial charge is 0.493 e. The van der Waals surface area contributed by atoms with Crippen molar-refractivity contribution in [1.82, 2.24) is 19.6 Å². The standard InChI is InChI=1S/C50H56ClN7O5/c1-34(2)63-44-32-42-38(30-43(44)62-4)31-48(60)58(49(42)37-10-12-39(51)13-11-37)41-16-14-40(15-17-41)54(3)24-18-35-19-25-55(26-20-35)23-8-6-5-7-9-36-21-27-56-45(29-36)52-33-47(56)57-28-22-46(59)53-50(57)61/h10-17,21,27,29-30,32-35,49H,5-6,8,18-20,22-26,28,31H2,1-4H3,(H,53,59,61)/t49-/m0/s1. The lowest BCUT2D eigenvalue weighted by Gasteiger charge is -2.38. The lowest BCUT2D eigenvalue weighted by Crippen LogP contribution is -2.50. The van der Waals surface area contributed by atoms with Crippen LogP contribution in [-0.4, -0.2) is 85.1 Å². The minimum atomic E-state index is -0.425. The van der Waals surface area contributed by atoms with E-state index in [-0.39, 0.29) is 36.8 Å². The van der Waals surface area contributed by atoms with E-state index in [0.717, 1.165) is 85.5 Å². The molecule has 4 amide bonds. The second kappa shape index (κ2) is 19.6. The third-order valence-corrected chi connectivity index (χ3v) is 12.6. The van der Waals surface area contributed by atoms with Crippen LogP contribution < -0.4 is 29.5 Å². The summed E-state index contributed by atoms with van der Waals surface area (Å²) in [5.41, 5.74) is 6.49. The number of hydrogen-bond donors (Lipinski definition) is 1. The first kappa shape index (κ1) is 43.6. The van der Waals surface area contributed by atoms with Crippen molar-refractivity contribution in [2.75, 3.05) is 61.6 Å². The first-order chi connectivity index (χ1) is 30.5. The van der Waals surface area contributed by atoms with Gasteiger partial charge in [0.15, 0.2) is 11.5 Å². The van der Waals surface area contributed by atoms with Gasteiger partial charge in [0.1, 0.15) is 11.5 Å². The molecule has 0 aliphatic carbocycles. The van der Waals surface area contributed by atoms with Gasteiger partial charge in [-0.15, -0.1) is 0 Å². The highest BCUT2D eigenvalue weighted by Crippen LogP contribution is 2.44. The highest BCUT2D eigenvalue weighted by molar-refractivity contribution is 6.30. The van der Waals surface area contributed by atoms with Crippen LogP contribution in [0, 0.1) is 17.8 Å². The number of halogens is 1. The molecule has 0 spiro atoms. The third kappa shape index (κ3) is 10.1. The number of nitrogens with one attached hydrogen (secondary N) is 1. The van der Waals surface area contributed by atoms with Gasteiger partial charge < -0.3 is 24.2 Å². The maximum absolute atomic E-state index is 14.0. The minimum Gasteiger partial charge on any atom is -0.493 e. The molecule has 1 N–H and O–H groups in total. The van der Waals surface area contributed by atoms with Gasteiger partial charge in [-0.25, -0.2) is 9.78 Å². The summed E-state index contributed by atoms with van der Waals surface area (Å²) in [6.45, 7) is 8.66. The van der Waals surface area contributed by atoms with Crippen LogP contribution in [-0.2, 0) is 16.0 Å². The van der Waals surface area contributed by atoms with Crippen LogP contribution in [0.25, 0.3) is 5.65 Å². The van der Waals surface area contributed by atoms with E-state index in [1.807, 2.05) is 77.9 Å². The average molecular weight is 870 g/mol. The van der Waals surface area contributed by atoms with Crippen LogP contribution in [0.4, 0.5) is 22.0 Å². The van der Waals surface area contributed by atoms with Crippen LogP contribution in [0.5, 0.6) is 11.5 Å². The summed E-state index contributed by atoms with van der Waals surface area (Å²) in [5.74, 6) is 8.98. The van der Waals surface area contributed by atoms with Crippen LogP contribution in [0.2, 0.25) is 5.02 Å². The second-order valence-corrected chi connectivity index (χ2v) is 17.5. The van der Waals surface area contributed by atoms with Gasteiger partial charge in [-0.1, -0.05) is 35.6 Å². The van der Waals surface area contributed by atoms with Gasteiger partial charge in [-0.2, -0.15) is 0 Å². The number of anilines is 3. The Labute approximate surface area is 375 Å². The molecule has 1 atom stereocenters. The Morgan fingerprint density at radius 1 is 0.952 bits per heavy atom. The van der Waals surface area contributed by atoms with E-state index in [9.17, 15) is 14.4 Å². The summed E-state index contributed by atoms with van der Waals surface area (Å²) < 4.78 is 13.7. The van der Waals surface area contributed by atoms with Gasteiger partial charge in [-0.3, -0.25) is 24.2 Å². The minimum absolute atomic E-state index is 0.0209. The third-order valence-electron chi connectivity index (χ3n) is 12.4. The molecule has 328 valence electrons. The zero-order valence-electron chi connectivity index (χ0n) is 36.6. The average Bonchev–Trinajstić information content (AvgIpc) is 3.70. The fraction of sp³-hybridized carbons (Fsp3) is 0.400. The first-order valence-electron chi connectivity index (χ1n) is 22.1. The van der Waals surface area contributed by atoms with Crippen molar-refractivity contribution < 1.29 is 23.9 Å². The summed E-state index contributed by atoms with van der Waals surface area (Å²) in [7, 11) is 3.79. The van der Waals surface area contributed by atoms with E-state index in [1.165, 1.54) is 17.7 Å². The predicted octanol–water partition coefficient (Wildman–Crippen LogP) is 8.67. The molecule has 8 rings (SSSR count). The smallest absolute Gasteiger partial charge is 0.329 e. The predicted molar refractivity (Wildman–Crippen MR) is 248 cm³/mol. The number of urea groups is 1. The van der Waals surface area contributed by atoms with Gasteiger partial charge in [0.25, 0.3) is 0 Å². The fourth-order valence-corrected chi connectivity index (χ4v) is 9.07. The van der Waals surface area contributed by atoms with Crippen molar-refractivity contribution in [3.8, 4) is 23.3 Å². The van der Waals surface area contributed by atoms with Gasteiger partial charge in [0.2, 0.25) is 11.8 Å². The number of carbonyl (C=O) groups is 3. The van der Waals surface area contributed by atoms with Crippen LogP contribution >= 0.6 is 11.6 Å². The number of ether oxygens (including phenoxy) is 2. The molecule has 3 aromatic carbocycles. The van der Waals surface area contributed by atoms with E-state index in [0.29, 0.717) is 40.4 Å². The maximum Gasteiger partial charge on any atom is 0.329 e. The quantitative estimate of drug-likeness (QED) is 0.0873. The highest BCUT2D eigenvalue weighted by Gasteiger charge is 2.36. The maximum atomic E-state index is 14.0. The molecule has 3 aliphatic rings. The van der Waals surface area contributed by atoms with Gasteiger partial charge >= 0.3 is 6.03 Å². The lowest BCUT2D eigenvalue weighted by molar-refractivity contribution is -0.120. The SMILES string of the molecule is COc1cc2c(cc1OC(C)C)[C@H](c1ccc(Cl)cc1)N(c1ccc(N(C)CCC3CCN(CCCCC#Cc4ccn5c(N6CCC(=O)NC6=O)cnc5c4)CC3)cc1)C(=O)C2. The molecule has 2 aromatic heterocycles. The highest BCUT2D eigenvalue weighted by atomic mass is 35.5. The summed E-state index contributed by atoms with van der Waals surface area (Å²) in [5, 5.41) is 3.01. The molecule has 2 fully saturated rings. The molecule has 0 unspecified atom stereocenters. The Hall–Kier alpha value is -6.03. The number of hydrogen-bond acceptors (Lipinski definition) is 8. The number of unbranched alkanes of at least 4 members (excludes halogenated alkanes) is 2. The Bertz CT molecular complexity index is 2500. The van der Waals surface area contributed by atoms with E-state index in [4.69, 9.17) is 21.1 Å². The summed E-state index contributed by atoms with van der Waals surface area (Å²) >= 11 is 6.32. The van der Waals surface area contributed by atoms with Crippen LogP contribution in [0.15, 0.2) is 85.2 Å². The number of nitrogens with zero attached hydrogens (tertiary/aromatic N) is 6. The topological polar surface area (TPSA) is 112 Å². The van der Waals surface area contributed by atoms with E-state index < -0.39 is 6.03 Å². The van der Waals surface area contributed by atoms with Gasteiger partial charge in [0, 0.05) is 61.1 Å². The number of amides is 4. The molecule has 5 heterocycles. The molecule has 2 saturated heterocycles. The van der Waals surface area contributed by atoms with Crippen molar-refractivity contribution in [3.05, 3.63) is 112 Å². The molecule has 12 nitrogen and oxygen atoms in total. The summed E-state index contributed by atoms with van der Waals surface area (Å²) in [4.78, 5) is 50.7. The molecule has 3 aliphatic heterocycles. The number of fused-ring (bicyclic) bond motifs is 2. The zero-order chi connectivity index (χ0) is 44.0. The van der Waals surface area contributed by atoms with Crippen molar-refractivity contribution in [1.29, 1.82) is 0 Å². The fourth-order valence-electron chi connectivity index (χ4n) is 8.94. The number of piperidine rings is 1. The number of aromatic nitrogens is 2. The summed E-state index contributed by atoms with van der Waals surface area (Å²) in [6.07, 6.45) is 10.6. The number of benzene rings is 3. The molecule has 0 saturated carbocycles. The summed E-state index contributed by atoms with van der Waals surface area (Å²) in [6, 6.07) is 23.2. The van der Waals surface area contributed by atoms with Crippen molar-refractivity contribution >= 4 is 52.3 Å². The Morgan fingerprint density at radius 3 is 2.46 bits per heavy atom. The molecular weight excluding hydrogens is 814 g/mol. The number of imidazole rings is 1. The van der Waals surface area contributed by atoms with Gasteiger partial charge in [0.05, 0.1) is 31.9 Å². The Balaban J connectivity index is 0.799. The first-order valence-corrected chi connectivity index (χ1v) is 22.5. The van der Waals surface area contributed by atoms with E-state index in [1.54, 1.807) is 13.3 Å². The van der Waals surface area contributed by atoms with E-state index in [2.05, 4.69) is 63.3 Å². The zero-order valence-corrected chi connectivity index (χ0v) is 37.4. The second-order valence-electron chi connectivity index (χ2n) is 17.0. The Morgan fingerprint density at radius 2 is 1.73 bits per heavy atom. The number of imide groups is 1. The van der Waals surface area contributed by atoms with Crippen LogP contribution in [0.1, 0.15) is 87.1 Å². The number of rotatable bonds is 14. The van der Waals surface area contributed by atoms with Crippen LogP contribution in [0.3, 0.4) is 0 Å². The monoisotopic (exact) mass is 869 g/mol. The number of methoxy groups -OCH3 is 1. The van der Waals surface area contributed by atoms with Crippen molar-refractivity contribution in [2.24, 2.45) is 5.92 Å². The Kier molecular flexibility index (Phi) is 13.5. The number of carbonyl (C=O) groups excluding carboxylic acids is 3. The molecule has 63 heavy (non-hydrogen) atoms. The molecular formula is C50H56ClN7O5. The number of likely N-dealkylation sites (tertiary alicyclic amines) is 1. The van der Waals surface area contributed by atoms with E-state index >= 15 is 0 Å². The number of pyridine rings is 1. The lowest BCUT2D eigenvalue weighted by atomic mass is 9.86. The molecule has 13 heteroatoms. The molecule has 0 bridgehead atoms.